The average molecular weight is 387 g/mol. The van der Waals surface area contributed by atoms with Gasteiger partial charge in [-0.3, -0.25) is 19.8 Å². The van der Waals surface area contributed by atoms with Gasteiger partial charge < -0.3 is 21.7 Å². The van der Waals surface area contributed by atoms with Gasteiger partial charge in [0.15, 0.2) is 0 Å². The third kappa shape index (κ3) is 6.30. The molecule has 27 heavy (non-hydrogen) atoms. The van der Waals surface area contributed by atoms with Crippen molar-refractivity contribution in [1.82, 2.24) is 10.6 Å². The molecule has 0 saturated heterocycles. The number of nitrogens with two attached hydrogens (primary N) is 1. The number of carbonyl (C=O) groups is 3. The van der Waals surface area contributed by atoms with Crippen LogP contribution in [0.4, 0.5) is 5.69 Å². The molecule has 2 rings (SSSR count). The first-order valence-corrected chi connectivity index (χ1v) is 9.18. The molecule has 0 aliphatic rings. The van der Waals surface area contributed by atoms with Crippen LogP contribution >= 0.6 is 11.8 Å². The largest absolute Gasteiger partial charge is 0.376 e. The topological polar surface area (TPSA) is 137 Å². The minimum absolute atomic E-state index is 0.240. The van der Waals surface area contributed by atoms with Crippen molar-refractivity contribution in [3.63, 3.8) is 0 Å². The Morgan fingerprint density at radius 2 is 1.85 bits per heavy atom. The van der Waals surface area contributed by atoms with Crippen LogP contribution in [0.3, 0.4) is 0 Å². The first-order chi connectivity index (χ1) is 12.9. The van der Waals surface area contributed by atoms with Crippen LogP contribution in [0.25, 0.3) is 10.8 Å². The zero-order valence-electron chi connectivity index (χ0n) is 14.7. The van der Waals surface area contributed by atoms with Crippen molar-refractivity contribution in [3.8, 4) is 0 Å². The number of fused-ring (bicyclic) bond motifs is 1. The van der Waals surface area contributed by atoms with E-state index in [1.54, 1.807) is 0 Å². The summed E-state index contributed by atoms with van der Waals surface area (Å²) in [6, 6.07) is 13.8. The summed E-state index contributed by atoms with van der Waals surface area (Å²) < 4.78 is 0. The Bertz CT molecular complexity index is 871. The third-order valence-corrected chi connectivity index (χ3v) is 4.59. The number of rotatable bonds is 9. The van der Waals surface area contributed by atoms with Crippen LogP contribution in [0.2, 0.25) is 0 Å². The molecule has 142 valence electrons. The second-order valence-electron chi connectivity index (χ2n) is 5.68. The zero-order valence-corrected chi connectivity index (χ0v) is 15.6. The predicted octanol–water partition coefficient (Wildman–Crippen LogP) is 1.03. The lowest BCUT2D eigenvalue weighted by atomic mass is 10.1. The van der Waals surface area contributed by atoms with Crippen LogP contribution in [-0.4, -0.2) is 41.2 Å². The number of amides is 3. The van der Waals surface area contributed by atoms with Crippen LogP contribution in [0.1, 0.15) is 6.92 Å². The van der Waals surface area contributed by atoms with Gasteiger partial charge in [0.1, 0.15) is 11.1 Å². The predicted molar refractivity (Wildman–Crippen MR) is 108 cm³/mol. The maximum Gasteiger partial charge on any atom is 0.265 e. The normalized spacial score (nSPS) is 11.4. The highest BCUT2D eigenvalue weighted by molar-refractivity contribution is 8.00. The highest BCUT2D eigenvalue weighted by atomic mass is 32.2. The summed E-state index contributed by atoms with van der Waals surface area (Å²) in [5.74, 6) is -1.45. The monoisotopic (exact) mass is 387 g/mol. The Labute approximate surface area is 160 Å². The van der Waals surface area contributed by atoms with Gasteiger partial charge in [-0.15, -0.1) is 11.8 Å². The van der Waals surface area contributed by atoms with Crippen LogP contribution < -0.4 is 21.7 Å². The molecule has 1 unspecified atom stereocenters. The van der Waals surface area contributed by atoms with Crippen LogP contribution in [0, 0.1) is 5.41 Å². The quantitative estimate of drug-likeness (QED) is 0.323. The van der Waals surface area contributed by atoms with Gasteiger partial charge in [-0.1, -0.05) is 30.3 Å². The second-order valence-corrected chi connectivity index (χ2v) is 6.78. The van der Waals surface area contributed by atoms with E-state index in [1.807, 2.05) is 42.5 Å². The lowest BCUT2D eigenvalue weighted by molar-refractivity contribution is -0.125. The Morgan fingerprint density at radius 3 is 2.52 bits per heavy atom. The van der Waals surface area contributed by atoms with Crippen LogP contribution in [-0.2, 0) is 14.4 Å². The van der Waals surface area contributed by atoms with Crippen molar-refractivity contribution in [2.45, 2.75) is 12.3 Å². The smallest absolute Gasteiger partial charge is 0.265 e. The summed E-state index contributed by atoms with van der Waals surface area (Å²) in [7, 11) is 0. The molecule has 0 radical (unpaired) electrons. The van der Waals surface area contributed by atoms with E-state index >= 15 is 0 Å². The molecule has 0 aromatic heterocycles. The van der Waals surface area contributed by atoms with Crippen LogP contribution in [0.5, 0.6) is 0 Å². The highest BCUT2D eigenvalue weighted by Gasteiger charge is 2.21. The van der Waals surface area contributed by atoms with E-state index in [2.05, 4.69) is 16.0 Å². The summed E-state index contributed by atoms with van der Waals surface area (Å²) in [5, 5.41) is 17.1. The molecule has 0 fully saturated rings. The molecule has 1 atom stereocenters. The molecule has 3 amide bonds. The Kier molecular flexibility index (Phi) is 7.18. The third-order valence-electron chi connectivity index (χ3n) is 3.59. The number of primary amides is 1. The van der Waals surface area contributed by atoms with Crippen molar-refractivity contribution in [1.29, 1.82) is 5.41 Å². The van der Waals surface area contributed by atoms with Gasteiger partial charge in [0, 0.05) is 12.6 Å². The average Bonchev–Trinajstić information content (AvgIpc) is 2.64. The molecular weight excluding hydrogens is 366 g/mol. The number of benzene rings is 2. The van der Waals surface area contributed by atoms with Crippen LogP contribution in [0.15, 0.2) is 42.5 Å². The molecule has 0 bridgehead atoms. The van der Waals surface area contributed by atoms with Gasteiger partial charge in [0.2, 0.25) is 11.8 Å². The molecule has 0 spiro atoms. The first kappa shape index (κ1) is 20.2. The molecule has 0 heterocycles. The van der Waals surface area contributed by atoms with Crippen molar-refractivity contribution in [2.75, 3.05) is 17.7 Å². The van der Waals surface area contributed by atoms with Gasteiger partial charge >= 0.3 is 0 Å². The maximum atomic E-state index is 11.9. The zero-order chi connectivity index (χ0) is 19.8. The summed E-state index contributed by atoms with van der Waals surface area (Å²) in [4.78, 5) is 34.0. The lowest BCUT2D eigenvalue weighted by Crippen LogP contribution is -2.47. The van der Waals surface area contributed by atoms with Crippen molar-refractivity contribution >= 4 is 51.7 Å². The van der Waals surface area contributed by atoms with Gasteiger partial charge in [-0.2, -0.15) is 0 Å². The lowest BCUT2D eigenvalue weighted by Gasteiger charge is -2.18. The van der Waals surface area contributed by atoms with E-state index in [-0.39, 0.29) is 12.5 Å². The van der Waals surface area contributed by atoms with E-state index in [1.165, 1.54) is 6.92 Å². The number of anilines is 1. The van der Waals surface area contributed by atoms with E-state index in [0.29, 0.717) is 5.88 Å². The molecule has 0 saturated carbocycles. The standard InChI is InChI=1S/C18H21N5O3S/c1-11(24)21-9-15(25)23-18(16(19)17(20)26)27-10-22-14-7-6-12-4-2-3-5-13(12)8-14/h2-8,18-19,22H,9-10H2,1H3,(H2,20,26)(H,21,24)(H,23,25). The molecule has 2 aromatic rings. The van der Waals surface area contributed by atoms with E-state index < -0.39 is 22.9 Å². The fraction of sp³-hybridized carbons (Fsp3) is 0.222. The Balaban J connectivity index is 1.95. The van der Waals surface area contributed by atoms with Gasteiger partial charge in [0.05, 0.1) is 12.4 Å². The second kappa shape index (κ2) is 9.58. The van der Waals surface area contributed by atoms with E-state index in [0.717, 1.165) is 28.2 Å². The number of hydrogen-bond donors (Lipinski definition) is 5. The van der Waals surface area contributed by atoms with Gasteiger partial charge in [-0.05, 0) is 22.9 Å². The molecule has 6 N–H and O–H groups in total. The first-order valence-electron chi connectivity index (χ1n) is 8.13. The summed E-state index contributed by atoms with van der Waals surface area (Å²) in [6.07, 6.45) is 0. The van der Waals surface area contributed by atoms with Crippen molar-refractivity contribution < 1.29 is 14.4 Å². The summed E-state index contributed by atoms with van der Waals surface area (Å²) in [5.41, 5.74) is 5.61. The number of hydrogen-bond acceptors (Lipinski definition) is 6. The molecule has 0 aliphatic carbocycles. The van der Waals surface area contributed by atoms with E-state index in [9.17, 15) is 14.4 Å². The van der Waals surface area contributed by atoms with Crippen molar-refractivity contribution in [2.24, 2.45) is 5.73 Å². The number of thioether (sulfide) groups is 1. The van der Waals surface area contributed by atoms with Gasteiger partial charge in [0.25, 0.3) is 5.91 Å². The maximum absolute atomic E-state index is 11.9. The van der Waals surface area contributed by atoms with Gasteiger partial charge in [-0.25, -0.2) is 0 Å². The molecule has 8 nitrogen and oxygen atoms in total. The fourth-order valence-corrected chi connectivity index (χ4v) is 3.15. The number of nitrogens with one attached hydrogen (secondary N) is 4. The number of carbonyl (C=O) groups excluding carboxylic acids is 3. The minimum atomic E-state index is -0.920. The highest BCUT2D eigenvalue weighted by Crippen LogP contribution is 2.20. The van der Waals surface area contributed by atoms with Crippen molar-refractivity contribution in [3.05, 3.63) is 42.5 Å². The molecule has 2 aromatic carbocycles. The van der Waals surface area contributed by atoms with E-state index in [4.69, 9.17) is 11.1 Å². The minimum Gasteiger partial charge on any atom is -0.376 e. The molecule has 9 heteroatoms. The molecule has 0 aliphatic heterocycles. The Hall–Kier alpha value is -3.07. The summed E-state index contributed by atoms with van der Waals surface area (Å²) in [6.45, 7) is 1.05. The fourth-order valence-electron chi connectivity index (χ4n) is 2.24. The SMILES string of the molecule is CC(=O)NCC(=O)NC(SCNc1ccc2ccccc2c1)C(=N)C(N)=O. The summed E-state index contributed by atoms with van der Waals surface area (Å²) >= 11 is 1.14. The molecular formula is C18H21N5O3S. The Morgan fingerprint density at radius 1 is 1.15 bits per heavy atom.